The summed E-state index contributed by atoms with van der Waals surface area (Å²) < 4.78 is 2.58. The summed E-state index contributed by atoms with van der Waals surface area (Å²) in [6.07, 6.45) is 8.38. The van der Waals surface area contributed by atoms with Gasteiger partial charge >= 0.3 is 0 Å². The van der Waals surface area contributed by atoms with Crippen LogP contribution in [0.4, 0.5) is 0 Å². The maximum absolute atomic E-state index is 5.79. The molecule has 0 spiro atoms. The largest absolute Gasteiger partial charge is 0.326 e. The molecule has 0 aliphatic heterocycles. The van der Waals surface area contributed by atoms with E-state index in [4.69, 9.17) is 10.7 Å². The normalized spacial score (nSPS) is 31.4. The van der Waals surface area contributed by atoms with Crippen molar-refractivity contribution in [3.05, 3.63) is 29.6 Å². The lowest BCUT2D eigenvalue weighted by Gasteiger charge is -2.07. The van der Waals surface area contributed by atoms with Gasteiger partial charge in [0.25, 0.3) is 0 Å². The van der Waals surface area contributed by atoms with Gasteiger partial charge in [0.2, 0.25) is 0 Å². The molecule has 0 bridgehead atoms. The van der Waals surface area contributed by atoms with Crippen molar-refractivity contribution in [1.82, 2.24) is 9.55 Å². The summed E-state index contributed by atoms with van der Waals surface area (Å²) >= 11 is 0. The standard InChI is InChI=1S/C18H23N3/c19-10-11-5-8-16-15(9-11)20-18(21(16)12-6-7-12)17-13-3-1-2-4-14(13)17/h5,8-9,12-14,17H,1-4,6-7,10,19H2. The number of benzene rings is 1. The van der Waals surface area contributed by atoms with Gasteiger partial charge in [-0.25, -0.2) is 4.98 Å². The highest BCUT2D eigenvalue weighted by Gasteiger charge is 2.54. The van der Waals surface area contributed by atoms with Crippen LogP contribution in [0.15, 0.2) is 18.2 Å². The summed E-state index contributed by atoms with van der Waals surface area (Å²) in [7, 11) is 0. The Morgan fingerprint density at radius 3 is 2.52 bits per heavy atom. The van der Waals surface area contributed by atoms with Crippen molar-refractivity contribution < 1.29 is 0 Å². The van der Waals surface area contributed by atoms with Crippen molar-refractivity contribution in [1.29, 1.82) is 0 Å². The summed E-state index contributed by atoms with van der Waals surface area (Å²) in [5.74, 6) is 4.02. The third-order valence-corrected chi connectivity index (χ3v) is 5.88. The van der Waals surface area contributed by atoms with Gasteiger partial charge in [-0.15, -0.1) is 0 Å². The van der Waals surface area contributed by atoms with E-state index in [1.54, 1.807) is 0 Å². The predicted octanol–water partition coefficient (Wildman–Crippen LogP) is 3.73. The van der Waals surface area contributed by atoms with Crippen LogP contribution in [0, 0.1) is 11.8 Å². The van der Waals surface area contributed by atoms with E-state index in [9.17, 15) is 0 Å². The molecule has 110 valence electrons. The molecular formula is C18H23N3. The Bertz CT molecular complexity index is 686. The predicted molar refractivity (Wildman–Crippen MR) is 84.1 cm³/mol. The van der Waals surface area contributed by atoms with Gasteiger partial charge in [0.15, 0.2) is 0 Å². The molecule has 3 aliphatic rings. The molecule has 0 radical (unpaired) electrons. The Kier molecular flexibility index (Phi) is 2.52. The lowest BCUT2D eigenvalue weighted by molar-refractivity contribution is 0.480. The average Bonchev–Trinajstić information content (AvgIpc) is 3.43. The van der Waals surface area contributed by atoms with Crippen LogP contribution in [0.1, 0.15) is 61.9 Å². The first-order valence-corrected chi connectivity index (χ1v) is 8.57. The number of nitrogens with two attached hydrogens (primary N) is 1. The van der Waals surface area contributed by atoms with Crippen LogP contribution in [-0.4, -0.2) is 9.55 Å². The Morgan fingerprint density at radius 1 is 1.10 bits per heavy atom. The van der Waals surface area contributed by atoms with Gasteiger partial charge in [0, 0.05) is 18.5 Å². The Balaban J connectivity index is 1.63. The second-order valence-electron chi connectivity index (χ2n) is 7.24. The summed E-state index contributed by atoms with van der Waals surface area (Å²) in [6.45, 7) is 0.607. The molecule has 3 saturated carbocycles. The maximum atomic E-state index is 5.79. The van der Waals surface area contributed by atoms with Gasteiger partial charge in [-0.05, 0) is 55.2 Å². The molecule has 2 N–H and O–H groups in total. The van der Waals surface area contributed by atoms with E-state index in [2.05, 4.69) is 22.8 Å². The first kappa shape index (κ1) is 12.2. The van der Waals surface area contributed by atoms with E-state index in [0.717, 1.165) is 23.8 Å². The maximum Gasteiger partial charge on any atom is 0.113 e. The van der Waals surface area contributed by atoms with Crippen LogP contribution < -0.4 is 5.73 Å². The van der Waals surface area contributed by atoms with Crippen LogP contribution in [0.2, 0.25) is 0 Å². The number of aromatic nitrogens is 2. The zero-order chi connectivity index (χ0) is 14.0. The van der Waals surface area contributed by atoms with Crippen LogP contribution >= 0.6 is 0 Å². The summed E-state index contributed by atoms with van der Waals surface area (Å²) in [5.41, 5.74) is 9.50. The van der Waals surface area contributed by atoms with Crippen molar-refractivity contribution in [2.45, 2.75) is 57.0 Å². The van der Waals surface area contributed by atoms with Gasteiger partial charge in [-0.3, -0.25) is 0 Å². The molecule has 5 rings (SSSR count). The van der Waals surface area contributed by atoms with Crippen molar-refractivity contribution in [2.75, 3.05) is 0 Å². The zero-order valence-electron chi connectivity index (χ0n) is 12.5. The molecule has 3 fully saturated rings. The molecule has 0 saturated heterocycles. The SMILES string of the molecule is NCc1ccc2c(c1)nc(C1C3CCCCC31)n2C1CC1. The first-order valence-electron chi connectivity index (χ1n) is 8.57. The minimum Gasteiger partial charge on any atom is -0.326 e. The highest BCUT2D eigenvalue weighted by Crippen LogP contribution is 2.62. The fourth-order valence-electron chi connectivity index (χ4n) is 4.62. The second-order valence-corrected chi connectivity index (χ2v) is 7.24. The molecule has 1 aromatic carbocycles. The first-order chi connectivity index (χ1) is 10.4. The van der Waals surface area contributed by atoms with E-state index >= 15 is 0 Å². The van der Waals surface area contributed by atoms with Crippen LogP contribution in [0.3, 0.4) is 0 Å². The summed E-state index contributed by atoms with van der Waals surface area (Å²) in [6, 6.07) is 7.34. The minimum atomic E-state index is 0.607. The molecule has 0 amide bonds. The molecule has 1 aromatic heterocycles. The number of imidazole rings is 1. The van der Waals surface area contributed by atoms with Crippen molar-refractivity contribution in [3.63, 3.8) is 0 Å². The van der Waals surface area contributed by atoms with Crippen molar-refractivity contribution in [2.24, 2.45) is 17.6 Å². The summed E-state index contributed by atoms with van der Waals surface area (Å²) in [5, 5.41) is 0. The van der Waals surface area contributed by atoms with Gasteiger partial charge < -0.3 is 10.3 Å². The molecule has 3 heteroatoms. The second kappa shape index (κ2) is 4.33. The van der Waals surface area contributed by atoms with Gasteiger partial charge in [-0.2, -0.15) is 0 Å². The highest BCUT2D eigenvalue weighted by atomic mass is 15.1. The van der Waals surface area contributed by atoms with Gasteiger partial charge in [0.05, 0.1) is 11.0 Å². The topological polar surface area (TPSA) is 43.8 Å². The molecular weight excluding hydrogens is 258 g/mol. The van der Waals surface area contributed by atoms with Gasteiger partial charge in [-0.1, -0.05) is 18.9 Å². The molecule has 3 aliphatic carbocycles. The number of hydrogen-bond donors (Lipinski definition) is 1. The van der Waals surface area contributed by atoms with E-state index in [0.29, 0.717) is 6.54 Å². The van der Waals surface area contributed by atoms with E-state index in [1.807, 2.05) is 0 Å². The lowest BCUT2D eigenvalue weighted by atomic mass is 10.0. The average molecular weight is 281 g/mol. The number of fused-ring (bicyclic) bond motifs is 2. The Labute approximate surface area is 125 Å². The number of nitrogens with zero attached hydrogens (tertiary/aromatic N) is 2. The fourth-order valence-corrected chi connectivity index (χ4v) is 4.62. The van der Waals surface area contributed by atoms with Crippen LogP contribution in [0.5, 0.6) is 0 Å². The molecule has 3 nitrogen and oxygen atoms in total. The highest BCUT2D eigenvalue weighted by molar-refractivity contribution is 5.77. The molecule has 2 aromatic rings. The van der Waals surface area contributed by atoms with Crippen LogP contribution in [0.25, 0.3) is 11.0 Å². The third kappa shape index (κ3) is 1.80. The molecule has 1 heterocycles. The van der Waals surface area contributed by atoms with Crippen molar-refractivity contribution in [3.8, 4) is 0 Å². The summed E-state index contributed by atoms with van der Waals surface area (Å²) in [4.78, 5) is 5.08. The van der Waals surface area contributed by atoms with E-state index in [-0.39, 0.29) is 0 Å². The fraction of sp³-hybridized carbons (Fsp3) is 0.611. The Morgan fingerprint density at radius 2 is 1.86 bits per heavy atom. The third-order valence-electron chi connectivity index (χ3n) is 5.88. The number of hydrogen-bond acceptors (Lipinski definition) is 2. The smallest absolute Gasteiger partial charge is 0.113 e. The monoisotopic (exact) mass is 281 g/mol. The zero-order valence-corrected chi connectivity index (χ0v) is 12.5. The van der Waals surface area contributed by atoms with E-state index in [1.165, 1.54) is 60.9 Å². The molecule has 2 atom stereocenters. The number of rotatable bonds is 3. The van der Waals surface area contributed by atoms with Crippen LogP contribution in [-0.2, 0) is 6.54 Å². The lowest BCUT2D eigenvalue weighted by Crippen LogP contribution is -2.01. The van der Waals surface area contributed by atoms with Gasteiger partial charge in [0.1, 0.15) is 5.82 Å². The Hall–Kier alpha value is -1.35. The van der Waals surface area contributed by atoms with Crippen molar-refractivity contribution >= 4 is 11.0 Å². The quantitative estimate of drug-likeness (QED) is 0.931. The minimum absolute atomic E-state index is 0.607. The molecule has 21 heavy (non-hydrogen) atoms. The van der Waals surface area contributed by atoms with E-state index < -0.39 is 0 Å². The molecule has 2 unspecified atom stereocenters.